The molecule has 1 N–H and O–H groups in total. The molecule has 17 heavy (non-hydrogen) atoms. The second-order valence-electron chi connectivity index (χ2n) is 4.01. The number of hydrogen-bond acceptors (Lipinski definition) is 3. The Morgan fingerprint density at radius 3 is 2.41 bits per heavy atom. The van der Waals surface area contributed by atoms with E-state index in [1.54, 1.807) is 0 Å². The molecule has 0 saturated carbocycles. The predicted molar refractivity (Wildman–Crippen MR) is 68.9 cm³/mol. The molecular weight excluding hydrogens is 214 g/mol. The van der Waals surface area contributed by atoms with Gasteiger partial charge in [-0.25, -0.2) is 4.79 Å². The van der Waals surface area contributed by atoms with Crippen LogP contribution in [-0.4, -0.2) is 19.6 Å². The van der Waals surface area contributed by atoms with E-state index in [0.717, 1.165) is 24.9 Å². The molecule has 1 aromatic carbocycles. The molecule has 0 amide bonds. The molecule has 0 aliphatic carbocycles. The minimum Gasteiger partial charge on any atom is -0.468 e. The monoisotopic (exact) mass is 235 g/mol. The van der Waals surface area contributed by atoms with Crippen molar-refractivity contribution in [1.82, 2.24) is 5.32 Å². The quantitative estimate of drug-likeness (QED) is 0.770. The summed E-state index contributed by atoms with van der Waals surface area (Å²) < 4.78 is 4.82. The summed E-state index contributed by atoms with van der Waals surface area (Å²) in [6, 6.07) is 7.73. The van der Waals surface area contributed by atoms with E-state index in [-0.39, 0.29) is 12.0 Å². The van der Waals surface area contributed by atoms with Crippen molar-refractivity contribution in [3.8, 4) is 0 Å². The lowest BCUT2D eigenvalue weighted by Crippen LogP contribution is -2.30. The molecule has 3 heteroatoms. The Labute approximate surface area is 103 Å². The van der Waals surface area contributed by atoms with E-state index < -0.39 is 0 Å². The smallest absolute Gasteiger partial charge is 0.327 e. The van der Waals surface area contributed by atoms with Crippen molar-refractivity contribution >= 4 is 5.97 Å². The second kappa shape index (κ2) is 7.07. The maximum Gasteiger partial charge on any atom is 0.327 e. The van der Waals surface area contributed by atoms with Gasteiger partial charge in [-0.2, -0.15) is 0 Å². The van der Waals surface area contributed by atoms with Gasteiger partial charge in [-0.15, -0.1) is 0 Å². The van der Waals surface area contributed by atoms with E-state index in [1.165, 1.54) is 12.7 Å². The first kappa shape index (κ1) is 13.7. The molecule has 0 fully saturated rings. The molecule has 0 spiro atoms. The standard InChI is InChI=1S/C14H21NO2/c1-4-10-15-13(14(16)17-3)12-8-6-11(5-2)7-9-12/h6-9,13,15H,4-5,10H2,1-3H3. The van der Waals surface area contributed by atoms with Gasteiger partial charge in [-0.05, 0) is 30.5 Å². The zero-order chi connectivity index (χ0) is 12.7. The molecule has 3 nitrogen and oxygen atoms in total. The summed E-state index contributed by atoms with van der Waals surface area (Å²) in [4.78, 5) is 11.7. The highest BCUT2D eigenvalue weighted by atomic mass is 16.5. The third kappa shape index (κ3) is 3.86. The number of carbonyl (C=O) groups excluding carboxylic acids is 1. The van der Waals surface area contributed by atoms with Crippen LogP contribution >= 0.6 is 0 Å². The molecule has 0 aliphatic heterocycles. The maximum atomic E-state index is 11.7. The molecule has 0 aliphatic rings. The highest BCUT2D eigenvalue weighted by molar-refractivity contribution is 5.77. The number of methoxy groups -OCH3 is 1. The van der Waals surface area contributed by atoms with Crippen LogP contribution in [0.3, 0.4) is 0 Å². The highest BCUT2D eigenvalue weighted by Gasteiger charge is 2.19. The number of hydrogen-bond donors (Lipinski definition) is 1. The molecular formula is C14H21NO2. The van der Waals surface area contributed by atoms with E-state index in [0.29, 0.717) is 0 Å². The van der Waals surface area contributed by atoms with Crippen molar-refractivity contribution < 1.29 is 9.53 Å². The molecule has 1 unspecified atom stereocenters. The van der Waals surface area contributed by atoms with Gasteiger partial charge in [0.2, 0.25) is 0 Å². The van der Waals surface area contributed by atoms with Gasteiger partial charge in [0.15, 0.2) is 0 Å². The molecule has 1 atom stereocenters. The Morgan fingerprint density at radius 1 is 1.29 bits per heavy atom. The number of nitrogens with one attached hydrogen (secondary N) is 1. The Balaban J connectivity index is 2.83. The van der Waals surface area contributed by atoms with E-state index >= 15 is 0 Å². The van der Waals surface area contributed by atoms with Crippen LogP contribution in [0.1, 0.15) is 37.4 Å². The average Bonchev–Trinajstić information content (AvgIpc) is 2.39. The van der Waals surface area contributed by atoms with Crippen LogP contribution in [0.5, 0.6) is 0 Å². The highest BCUT2D eigenvalue weighted by Crippen LogP contribution is 2.15. The maximum absolute atomic E-state index is 11.7. The van der Waals surface area contributed by atoms with Crippen molar-refractivity contribution in [2.24, 2.45) is 0 Å². The van der Waals surface area contributed by atoms with Crippen molar-refractivity contribution in [3.63, 3.8) is 0 Å². The summed E-state index contributed by atoms with van der Waals surface area (Å²) >= 11 is 0. The number of rotatable bonds is 6. The van der Waals surface area contributed by atoms with Gasteiger partial charge < -0.3 is 10.1 Å². The SMILES string of the molecule is CCCNC(C(=O)OC)c1ccc(CC)cc1. The topological polar surface area (TPSA) is 38.3 Å². The summed E-state index contributed by atoms with van der Waals surface area (Å²) in [5.74, 6) is -0.234. The predicted octanol–water partition coefficient (Wildman–Crippen LogP) is 2.46. The fourth-order valence-electron chi connectivity index (χ4n) is 1.69. The van der Waals surface area contributed by atoms with E-state index in [2.05, 4.69) is 31.3 Å². The number of aryl methyl sites for hydroxylation is 1. The molecule has 0 radical (unpaired) electrons. The lowest BCUT2D eigenvalue weighted by molar-refractivity contribution is -0.143. The Morgan fingerprint density at radius 2 is 1.94 bits per heavy atom. The van der Waals surface area contributed by atoms with Crippen molar-refractivity contribution in [2.45, 2.75) is 32.7 Å². The lowest BCUT2D eigenvalue weighted by Gasteiger charge is -2.16. The van der Waals surface area contributed by atoms with Gasteiger partial charge in [-0.1, -0.05) is 38.1 Å². The summed E-state index contributed by atoms with van der Waals surface area (Å²) in [5, 5.41) is 3.20. The summed E-state index contributed by atoms with van der Waals surface area (Å²) in [6.45, 7) is 4.99. The molecule has 1 rings (SSSR count). The van der Waals surface area contributed by atoms with Crippen LogP contribution in [0.4, 0.5) is 0 Å². The van der Waals surface area contributed by atoms with Crippen LogP contribution in [0.2, 0.25) is 0 Å². The summed E-state index contributed by atoms with van der Waals surface area (Å²) in [6.07, 6.45) is 1.99. The van der Waals surface area contributed by atoms with Crippen molar-refractivity contribution in [3.05, 3.63) is 35.4 Å². The number of esters is 1. The van der Waals surface area contributed by atoms with Crippen LogP contribution in [0.25, 0.3) is 0 Å². The van der Waals surface area contributed by atoms with Crippen molar-refractivity contribution in [2.75, 3.05) is 13.7 Å². The third-order valence-corrected chi connectivity index (χ3v) is 2.76. The zero-order valence-electron chi connectivity index (χ0n) is 10.8. The molecule has 1 aromatic rings. The van der Waals surface area contributed by atoms with Gasteiger partial charge in [0.25, 0.3) is 0 Å². The van der Waals surface area contributed by atoms with Gasteiger partial charge in [-0.3, -0.25) is 0 Å². The van der Waals surface area contributed by atoms with Crippen LogP contribution in [-0.2, 0) is 16.0 Å². The van der Waals surface area contributed by atoms with Gasteiger partial charge >= 0.3 is 5.97 Å². The van der Waals surface area contributed by atoms with Gasteiger partial charge in [0.05, 0.1) is 7.11 Å². The average molecular weight is 235 g/mol. The lowest BCUT2D eigenvalue weighted by atomic mass is 10.0. The van der Waals surface area contributed by atoms with Gasteiger partial charge in [0.1, 0.15) is 6.04 Å². The fraction of sp³-hybridized carbons (Fsp3) is 0.500. The van der Waals surface area contributed by atoms with Crippen LogP contribution in [0.15, 0.2) is 24.3 Å². The number of ether oxygens (including phenoxy) is 1. The van der Waals surface area contributed by atoms with Crippen LogP contribution < -0.4 is 5.32 Å². The first-order chi connectivity index (χ1) is 8.22. The normalized spacial score (nSPS) is 12.2. The molecule has 0 aromatic heterocycles. The summed E-state index contributed by atoms with van der Waals surface area (Å²) in [7, 11) is 1.42. The fourth-order valence-corrected chi connectivity index (χ4v) is 1.69. The molecule has 0 heterocycles. The van der Waals surface area contributed by atoms with Gasteiger partial charge in [0, 0.05) is 0 Å². The largest absolute Gasteiger partial charge is 0.468 e. The zero-order valence-corrected chi connectivity index (χ0v) is 10.8. The first-order valence-electron chi connectivity index (χ1n) is 6.13. The van der Waals surface area contributed by atoms with E-state index in [4.69, 9.17) is 4.74 Å². The Bertz CT molecular complexity index is 346. The van der Waals surface area contributed by atoms with Crippen LogP contribution in [0, 0.1) is 0 Å². The summed E-state index contributed by atoms with van der Waals surface area (Å²) in [5.41, 5.74) is 2.23. The van der Waals surface area contributed by atoms with E-state index in [1.807, 2.05) is 12.1 Å². The first-order valence-corrected chi connectivity index (χ1v) is 6.13. The number of benzene rings is 1. The Kier molecular flexibility index (Phi) is 5.70. The molecule has 94 valence electrons. The second-order valence-corrected chi connectivity index (χ2v) is 4.01. The van der Waals surface area contributed by atoms with Crippen molar-refractivity contribution in [1.29, 1.82) is 0 Å². The Hall–Kier alpha value is -1.35. The minimum atomic E-state index is -0.356. The molecule has 0 saturated heterocycles. The number of carbonyl (C=O) groups is 1. The van der Waals surface area contributed by atoms with E-state index in [9.17, 15) is 4.79 Å². The minimum absolute atomic E-state index is 0.234. The molecule has 0 bridgehead atoms. The third-order valence-electron chi connectivity index (χ3n) is 2.76.